The highest BCUT2D eigenvalue weighted by Gasteiger charge is 2.28. The first-order valence-electron chi connectivity index (χ1n) is 8.40. The summed E-state index contributed by atoms with van der Waals surface area (Å²) in [5.41, 5.74) is 0.169. The second-order valence-corrected chi connectivity index (χ2v) is 6.46. The molecule has 29 heavy (non-hydrogen) atoms. The molecular weight excluding hydrogens is 398 g/mol. The number of rotatable bonds is 6. The van der Waals surface area contributed by atoms with Crippen molar-refractivity contribution in [1.82, 2.24) is 0 Å². The number of ether oxygens (including phenoxy) is 1. The molecule has 0 saturated heterocycles. The molecule has 0 aromatic heterocycles. The Balaban J connectivity index is 1.98. The van der Waals surface area contributed by atoms with Gasteiger partial charge in [0.25, 0.3) is 5.69 Å². The summed E-state index contributed by atoms with van der Waals surface area (Å²) in [6.07, 6.45) is -1.37. The lowest BCUT2D eigenvalue weighted by Crippen LogP contribution is -2.20. The number of non-ortho nitro benzene ring substituents is 1. The lowest BCUT2D eigenvalue weighted by Gasteiger charge is -2.18. The van der Waals surface area contributed by atoms with Crippen molar-refractivity contribution in [1.29, 1.82) is 0 Å². The number of Topliss-reactive ketones (excluding diaryl/α,β-unsaturated/α-hetero) is 1. The van der Waals surface area contributed by atoms with Gasteiger partial charge in [0.2, 0.25) is 5.78 Å². The third-order valence-electron chi connectivity index (χ3n) is 4.11. The van der Waals surface area contributed by atoms with E-state index in [9.17, 15) is 24.8 Å². The number of halogens is 1. The number of esters is 1. The second kappa shape index (κ2) is 8.53. The van der Waals surface area contributed by atoms with E-state index >= 15 is 0 Å². The van der Waals surface area contributed by atoms with Gasteiger partial charge in [-0.2, -0.15) is 0 Å². The summed E-state index contributed by atoms with van der Waals surface area (Å²) in [4.78, 5) is 35.9. The molecule has 0 bridgehead atoms. The van der Waals surface area contributed by atoms with Crippen LogP contribution in [0.4, 0.5) is 5.69 Å². The number of hydrogen-bond acceptors (Lipinski definition) is 6. The van der Waals surface area contributed by atoms with E-state index in [-0.39, 0.29) is 27.6 Å². The van der Waals surface area contributed by atoms with Crippen molar-refractivity contribution in [2.45, 2.75) is 6.10 Å². The highest BCUT2D eigenvalue weighted by molar-refractivity contribution is 6.31. The molecular formula is C21H14ClNO6. The van der Waals surface area contributed by atoms with Crippen molar-refractivity contribution >= 4 is 29.0 Å². The summed E-state index contributed by atoms with van der Waals surface area (Å²) in [6.45, 7) is 0. The molecule has 0 radical (unpaired) electrons. The van der Waals surface area contributed by atoms with Crippen LogP contribution in [0.3, 0.4) is 0 Å². The van der Waals surface area contributed by atoms with Crippen molar-refractivity contribution in [2.75, 3.05) is 0 Å². The first kappa shape index (κ1) is 20.0. The van der Waals surface area contributed by atoms with E-state index in [2.05, 4.69) is 0 Å². The Morgan fingerprint density at radius 3 is 2.28 bits per heavy atom. The molecule has 146 valence electrons. The predicted molar refractivity (Wildman–Crippen MR) is 105 cm³/mol. The van der Waals surface area contributed by atoms with Gasteiger partial charge in [0, 0.05) is 28.3 Å². The van der Waals surface area contributed by atoms with Crippen LogP contribution in [-0.2, 0) is 4.74 Å². The number of nitrogens with zero attached hydrogens (tertiary/aromatic N) is 1. The normalized spacial score (nSPS) is 11.5. The molecule has 1 N–H and O–H groups in total. The molecule has 0 amide bonds. The fraction of sp³-hybridized carbons (Fsp3) is 0.0476. The van der Waals surface area contributed by atoms with Gasteiger partial charge >= 0.3 is 5.97 Å². The molecule has 0 spiro atoms. The Morgan fingerprint density at radius 1 is 1.00 bits per heavy atom. The molecule has 1 unspecified atom stereocenters. The highest BCUT2D eigenvalue weighted by Crippen LogP contribution is 2.29. The third kappa shape index (κ3) is 4.59. The summed E-state index contributed by atoms with van der Waals surface area (Å²) in [5.74, 6) is -1.83. The molecule has 0 aliphatic rings. The Bertz CT molecular complexity index is 1070. The second-order valence-electron chi connectivity index (χ2n) is 6.03. The number of nitro groups is 1. The Morgan fingerprint density at radius 2 is 1.66 bits per heavy atom. The molecule has 1 atom stereocenters. The molecule has 0 fully saturated rings. The summed E-state index contributed by atoms with van der Waals surface area (Å²) >= 11 is 5.87. The highest BCUT2D eigenvalue weighted by atomic mass is 35.5. The van der Waals surface area contributed by atoms with Gasteiger partial charge in [0.05, 0.1) is 4.92 Å². The topological polar surface area (TPSA) is 107 Å². The fourth-order valence-electron chi connectivity index (χ4n) is 2.64. The molecule has 0 aliphatic carbocycles. The van der Waals surface area contributed by atoms with Crippen LogP contribution in [0.15, 0.2) is 72.8 Å². The van der Waals surface area contributed by atoms with Crippen LogP contribution in [0.1, 0.15) is 32.4 Å². The van der Waals surface area contributed by atoms with Crippen LogP contribution < -0.4 is 0 Å². The molecule has 0 aliphatic heterocycles. The summed E-state index contributed by atoms with van der Waals surface area (Å²) < 4.78 is 5.40. The van der Waals surface area contributed by atoms with Crippen LogP contribution in [-0.4, -0.2) is 21.8 Å². The molecule has 3 aromatic rings. The summed E-state index contributed by atoms with van der Waals surface area (Å²) in [6, 6.07) is 17.1. The smallest absolute Gasteiger partial charge is 0.343 e. The zero-order valence-electron chi connectivity index (χ0n) is 14.8. The number of carbonyl (C=O) groups is 2. The number of ketones is 1. The molecule has 7 nitrogen and oxygen atoms in total. The van der Waals surface area contributed by atoms with Crippen molar-refractivity contribution in [2.24, 2.45) is 0 Å². The maximum Gasteiger partial charge on any atom is 0.343 e. The van der Waals surface area contributed by atoms with E-state index in [4.69, 9.17) is 16.3 Å². The van der Waals surface area contributed by atoms with Crippen molar-refractivity contribution < 1.29 is 24.4 Å². The Hall–Kier alpha value is -3.71. The average molecular weight is 412 g/mol. The average Bonchev–Trinajstić information content (AvgIpc) is 2.73. The lowest BCUT2D eigenvalue weighted by atomic mass is 9.99. The van der Waals surface area contributed by atoms with Gasteiger partial charge in [-0.15, -0.1) is 0 Å². The van der Waals surface area contributed by atoms with Crippen LogP contribution in [0.2, 0.25) is 5.02 Å². The van der Waals surface area contributed by atoms with Gasteiger partial charge in [-0.3, -0.25) is 14.9 Å². The summed E-state index contributed by atoms with van der Waals surface area (Å²) in [5, 5.41) is 21.0. The van der Waals surface area contributed by atoms with E-state index in [0.717, 1.165) is 0 Å². The quantitative estimate of drug-likeness (QED) is 0.272. The summed E-state index contributed by atoms with van der Waals surface area (Å²) in [7, 11) is 0. The largest absolute Gasteiger partial charge is 0.507 e. The Kier molecular flexibility index (Phi) is 5.90. The van der Waals surface area contributed by atoms with Gasteiger partial charge in [-0.25, -0.2) is 4.79 Å². The minimum atomic E-state index is -1.37. The van der Waals surface area contributed by atoms with E-state index < -0.39 is 22.8 Å². The standard InChI is InChI=1S/C21H14ClNO6/c22-15-8-11-18(24)17(12-15)21(26)29-20(19(25)13-4-2-1-3-5-13)14-6-9-16(10-7-14)23(27)28/h1-12,20,24H. The predicted octanol–water partition coefficient (Wildman–Crippen LogP) is 4.73. The van der Waals surface area contributed by atoms with Crippen LogP contribution in [0.25, 0.3) is 0 Å². The van der Waals surface area contributed by atoms with E-state index in [1.165, 1.54) is 42.5 Å². The van der Waals surface area contributed by atoms with E-state index in [1.807, 2.05) is 0 Å². The zero-order chi connectivity index (χ0) is 21.0. The molecule has 3 aromatic carbocycles. The zero-order valence-corrected chi connectivity index (χ0v) is 15.6. The number of phenolic OH excluding ortho intramolecular Hbond substituents is 1. The first-order chi connectivity index (χ1) is 13.9. The number of hydrogen-bond donors (Lipinski definition) is 1. The fourth-order valence-corrected chi connectivity index (χ4v) is 2.81. The minimum Gasteiger partial charge on any atom is -0.507 e. The van der Waals surface area contributed by atoms with Gasteiger partial charge < -0.3 is 9.84 Å². The van der Waals surface area contributed by atoms with Crippen molar-refractivity contribution in [3.05, 3.63) is 105 Å². The van der Waals surface area contributed by atoms with Gasteiger partial charge in [-0.05, 0) is 30.3 Å². The molecule has 3 rings (SSSR count). The van der Waals surface area contributed by atoms with E-state index in [1.54, 1.807) is 30.3 Å². The van der Waals surface area contributed by atoms with E-state index in [0.29, 0.717) is 5.56 Å². The van der Waals surface area contributed by atoms with Gasteiger partial charge in [0.15, 0.2) is 6.10 Å². The molecule has 0 heterocycles. The number of carbonyl (C=O) groups excluding carboxylic acids is 2. The number of nitro benzene ring substituents is 1. The van der Waals surface area contributed by atoms with Crippen LogP contribution in [0, 0.1) is 10.1 Å². The first-order valence-corrected chi connectivity index (χ1v) is 8.77. The molecule has 8 heteroatoms. The maximum atomic E-state index is 13.0. The van der Waals surface area contributed by atoms with Crippen molar-refractivity contribution in [3.63, 3.8) is 0 Å². The third-order valence-corrected chi connectivity index (χ3v) is 4.34. The van der Waals surface area contributed by atoms with Crippen molar-refractivity contribution in [3.8, 4) is 5.75 Å². The maximum absolute atomic E-state index is 13.0. The lowest BCUT2D eigenvalue weighted by molar-refractivity contribution is -0.384. The van der Waals surface area contributed by atoms with Crippen LogP contribution in [0.5, 0.6) is 5.75 Å². The minimum absolute atomic E-state index is 0.168. The van der Waals surface area contributed by atoms with Crippen LogP contribution >= 0.6 is 11.6 Å². The number of benzene rings is 3. The SMILES string of the molecule is O=C(OC(C(=O)c1ccccc1)c1ccc([N+](=O)[O-])cc1)c1cc(Cl)ccc1O. The van der Waals surface area contributed by atoms with Gasteiger partial charge in [-0.1, -0.05) is 41.9 Å². The molecule has 0 saturated carbocycles. The Labute approximate surface area is 170 Å². The number of phenols is 1. The monoisotopic (exact) mass is 411 g/mol. The van der Waals surface area contributed by atoms with Gasteiger partial charge in [0.1, 0.15) is 11.3 Å². The number of aromatic hydroxyl groups is 1.